The first-order chi connectivity index (χ1) is 11.8. The van der Waals surface area contributed by atoms with Gasteiger partial charge in [0.25, 0.3) is 0 Å². The molecule has 3 heteroatoms. The van der Waals surface area contributed by atoms with E-state index < -0.39 is 0 Å². The van der Waals surface area contributed by atoms with Gasteiger partial charge < -0.3 is 10.3 Å². The van der Waals surface area contributed by atoms with Gasteiger partial charge in [-0.15, -0.1) is 0 Å². The van der Waals surface area contributed by atoms with Crippen LogP contribution in [0.5, 0.6) is 0 Å². The quantitative estimate of drug-likeness (QED) is 0.572. The van der Waals surface area contributed by atoms with E-state index in [0.29, 0.717) is 0 Å². The SMILES string of the molecule is Nc1ccc(Cn2c(Cc3ccccc3)nc3ccccc32)cc1. The monoisotopic (exact) mass is 313 g/mol. The molecule has 1 heterocycles. The Kier molecular flexibility index (Phi) is 3.75. The normalized spacial score (nSPS) is 11.0. The summed E-state index contributed by atoms with van der Waals surface area (Å²) in [7, 11) is 0. The lowest BCUT2D eigenvalue weighted by Crippen LogP contribution is -2.06. The van der Waals surface area contributed by atoms with Gasteiger partial charge in [0.05, 0.1) is 11.0 Å². The zero-order valence-corrected chi connectivity index (χ0v) is 13.4. The van der Waals surface area contributed by atoms with Crippen LogP contribution in [0.2, 0.25) is 0 Å². The first-order valence-electron chi connectivity index (χ1n) is 8.12. The number of fused-ring (bicyclic) bond motifs is 1. The Bertz CT molecular complexity index is 953. The molecule has 0 bridgehead atoms. The Morgan fingerprint density at radius 1 is 0.750 bits per heavy atom. The molecule has 4 rings (SSSR count). The van der Waals surface area contributed by atoms with E-state index in [0.717, 1.165) is 30.0 Å². The predicted molar refractivity (Wildman–Crippen MR) is 98.9 cm³/mol. The maximum Gasteiger partial charge on any atom is 0.114 e. The first-order valence-corrected chi connectivity index (χ1v) is 8.12. The summed E-state index contributed by atoms with van der Waals surface area (Å²) in [4.78, 5) is 4.86. The Hall–Kier alpha value is -3.07. The molecule has 0 saturated heterocycles. The number of nitrogens with two attached hydrogens (primary N) is 1. The number of rotatable bonds is 4. The van der Waals surface area contributed by atoms with E-state index in [-0.39, 0.29) is 0 Å². The molecule has 3 nitrogen and oxygen atoms in total. The number of para-hydroxylation sites is 2. The molecule has 2 N–H and O–H groups in total. The lowest BCUT2D eigenvalue weighted by atomic mass is 10.1. The van der Waals surface area contributed by atoms with Crippen molar-refractivity contribution in [3.8, 4) is 0 Å². The maximum absolute atomic E-state index is 5.80. The summed E-state index contributed by atoms with van der Waals surface area (Å²) in [5.41, 5.74) is 11.3. The van der Waals surface area contributed by atoms with Gasteiger partial charge in [0.1, 0.15) is 5.82 Å². The van der Waals surface area contributed by atoms with Gasteiger partial charge in [0.2, 0.25) is 0 Å². The Morgan fingerprint density at radius 3 is 2.25 bits per heavy atom. The van der Waals surface area contributed by atoms with Gasteiger partial charge in [-0.05, 0) is 35.4 Å². The predicted octanol–water partition coefficient (Wildman–Crippen LogP) is 4.26. The Balaban J connectivity index is 1.76. The zero-order valence-electron chi connectivity index (χ0n) is 13.4. The lowest BCUT2D eigenvalue weighted by Gasteiger charge is -2.10. The van der Waals surface area contributed by atoms with Crippen molar-refractivity contribution in [2.75, 3.05) is 5.73 Å². The summed E-state index contributed by atoms with van der Waals surface area (Å²) in [5, 5.41) is 0. The molecule has 0 aliphatic carbocycles. The molecule has 0 amide bonds. The number of aromatic nitrogens is 2. The van der Waals surface area contributed by atoms with Crippen LogP contribution in [-0.2, 0) is 13.0 Å². The second-order valence-corrected chi connectivity index (χ2v) is 6.01. The number of anilines is 1. The molecule has 0 radical (unpaired) electrons. The molecule has 0 spiro atoms. The highest BCUT2D eigenvalue weighted by molar-refractivity contribution is 5.76. The van der Waals surface area contributed by atoms with Crippen LogP contribution in [0.15, 0.2) is 78.9 Å². The number of nitrogens with zero attached hydrogens (tertiary/aromatic N) is 2. The fraction of sp³-hybridized carbons (Fsp3) is 0.0952. The first kappa shape index (κ1) is 14.5. The van der Waals surface area contributed by atoms with Gasteiger partial charge in [-0.1, -0.05) is 54.6 Å². The van der Waals surface area contributed by atoms with Gasteiger partial charge >= 0.3 is 0 Å². The highest BCUT2D eigenvalue weighted by Crippen LogP contribution is 2.20. The molecule has 0 atom stereocenters. The maximum atomic E-state index is 5.80. The zero-order chi connectivity index (χ0) is 16.4. The Labute approximate surface area is 141 Å². The number of hydrogen-bond acceptors (Lipinski definition) is 2. The molecule has 1 aromatic heterocycles. The highest BCUT2D eigenvalue weighted by Gasteiger charge is 2.11. The third-order valence-electron chi connectivity index (χ3n) is 4.26. The lowest BCUT2D eigenvalue weighted by molar-refractivity contribution is 0.762. The van der Waals surface area contributed by atoms with E-state index in [9.17, 15) is 0 Å². The molecule has 4 aromatic rings. The van der Waals surface area contributed by atoms with Gasteiger partial charge in [-0.3, -0.25) is 0 Å². The van der Waals surface area contributed by atoms with E-state index in [1.807, 2.05) is 24.3 Å². The van der Waals surface area contributed by atoms with E-state index in [1.54, 1.807) is 0 Å². The van der Waals surface area contributed by atoms with Crippen LogP contribution in [0, 0.1) is 0 Å². The molecule has 0 unspecified atom stereocenters. The van der Waals surface area contributed by atoms with Crippen molar-refractivity contribution in [3.05, 3.63) is 95.8 Å². The summed E-state index contributed by atoms with van der Waals surface area (Å²) < 4.78 is 2.30. The molecular weight excluding hydrogens is 294 g/mol. The number of hydrogen-bond donors (Lipinski definition) is 1. The highest BCUT2D eigenvalue weighted by atomic mass is 15.1. The van der Waals surface area contributed by atoms with Gasteiger partial charge in [-0.2, -0.15) is 0 Å². The second-order valence-electron chi connectivity index (χ2n) is 6.01. The van der Waals surface area contributed by atoms with Crippen molar-refractivity contribution in [2.24, 2.45) is 0 Å². The summed E-state index contributed by atoms with van der Waals surface area (Å²) in [6.07, 6.45) is 0.824. The standard InChI is InChI=1S/C21H19N3/c22-18-12-10-17(11-13-18)15-24-20-9-5-4-8-19(20)23-21(24)14-16-6-2-1-3-7-16/h1-13H,14-15,22H2. The topological polar surface area (TPSA) is 43.8 Å². The average molecular weight is 313 g/mol. The van der Waals surface area contributed by atoms with E-state index in [4.69, 9.17) is 10.7 Å². The summed E-state index contributed by atoms with van der Waals surface area (Å²) >= 11 is 0. The van der Waals surface area contributed by atoms with Crippen LogP contribution in [0.3, 0.4) is 0 Å². The van der Waals surface area contributed by atoms with Crippen LogP contribution in [0.25, 0.3) is 11.0 Å². The number of benzene rings is 3. The van der Waals surface area contributed by atoms with Crippen LogP contribution >= 0.6 is 0 Å². The molecule has 0 saturated carbocycles. The number of nitrogen functional groups attached to an aromatic ring is 1. The summed E-state index contributed by atoms with van der Waals surface area (Å²) in [6, 6.07) is 26.8. The minimum atomic E-state index is 0.791. The van der Waals surface area contributed by atoms with Gasteiger partial charge in [-0.25, -0.2) is 4.98 Å². The largest absolute Gasteiger partial charge is 0.399 e. The van der Waals surface area contributed by atoms with Gasteiger partial charge in [0, 0.05) is 18.7 Å². The second kappa shape index (κ2) is 6.20. The third-order valence-corrected chi connectivity index (χ3v) is 4.26. The molecule has 0 aliphatic rings. The fourth-order valence-corrected chi connectivity index (χ4v) is 3.02. The molecule has 24 heavy (non-hydrogen) atoms. The van der Waals surface area contributed by atoms with Crippen LogP contribution in [0.4, 0.5) is 5.69 Å². The van der Waals surface area contributed by atoms with Crippen molar-refractivity contribution in [3.63, 3.8) is 0 Å². The third kappa shape index (κ3) is 2.88. The van der Waals surface area contributed by atoms with Crippen molar-refractivity contribution in [1.29, 1.82) is 0 Å². The number of imidazole rings is 1. The molecular formula is C21H19N3. The van der Waals surface area contributed by atoms with E-state index in [1.165, 1.54) is 16.6 Å². The van der Waals surface area contributed by atoms with Crippen LogP contribution < -0.4 is 5.73 Å². The molecule has 3 aromatic carbocycles. The van der Waals surface area contributed by atoms with Crippen molar-refractivity contribution in [2.45, 2.75) is 13.0 Å². The molecule has 0 aliphatic heterocycles. The minimum absolute atomic E-state index is 0.791. The minimum Gasteiger partial charge on any atom is -0.399 e. The van der Waals surface area contributed by atoms with Crippen LogP contribution in [-0.4, -0.2) is 9.55 Å². The van der Waals surface area contributed by atoms with E-state index in [2.05, 4.69) is 59.2 Å². The Morgan fingerprint density at radius 2 is 1.46 bits per heavy atom. The molecule has 0 fully saturated rings. The summed E-state index contributed by atoms with van der Waals surface area (Å²) in [5.74, 6) is 1.08. The van der Waals surface area contributed by atoms with Crippen molar-refractivity contribution >= 4 is 16.7 Å². The summed E-state index contributed by atoms with van der Waals surface area (Å²) in [6.45, 7) is 0.795. The van der Waals surface area contributed by atoms with Crippen molar-refractivity contribution < 1.29 is 0 Å². The van der Waals surface area contributed by atoms with E-state index >= 15 is 0 Å². The van der Waals surface area contributed by atoms with Crippen LogP contribution in [0.1, 0.15) is 17.0 Å². The fourth-order valence-electron chi connectivity index (χ4n) is 3.02. The molecule has 118 valence electrons. The van der Waals surface area contributed by atoms with Crippen molar-refractivity contribution in [1.82, 2.24) is 9.55 Å². The van der Waals surface area contributed by atoms with Gasteiger partial charge in [0.15, 0.2) is 0 Å². The smallest absolute Gasteiger partial charge is 0.114 e. The average Bonchev–Trinajstić information content (AvgIpc) is 2.95.